The first kappa shape index (κ1) is 83.9. The summed E-state index contributed by atoms with van der Waals surface area (Å²) >= 11 is 0. The Hall–Kier alpha value is -14.5. The smallest absolute Gasteiger partial charge is 0.266 e. The Morgan fingerprint density at radius 1 is 0.168 bits per heavy atom. The molecule has 12 aromatic carbocycles. The third-order valence-corrected chi connectivity index (χ3v) is 21.0. The highest BCUT2D eigenvalue weighted by Crippen LogP contribution is 2.41. The summed E-state index contributed by atoms with van der Waals surface area (Å²) < 4.78 is 0. The molecule has 0 aliphatic carbocycles. The van der Waals surface area contributed by atoms with Crippen LogP contribution < -0.4 is 29.4 Å². The molecule has 6 heterocycles. The predicted molar refractivity (Wildman–Crippen MR) is 469 cm³/mol. The number of amides is 12. The zero-order chi connectivity index (χ0) is 85.5. The van der Waals surface area contributed by atoms with Gasteiger partial charge < -0.3 is 0 Å². The van der Waals surface area contributed by atoms with Gasteiger partial charge in [-0.15, -0.1) is 0 Å². The Morgan fingerprint density at radius 2 is 0.294 bits per heavy atom. The van der Waals surface area contributed by atoms with Crippen LogP contribution in [-0.4, -0.2) is 70.9 Å². The molecule has 18 heteroatoms. The number of rotatable bonds is 12. The lowest BCUT2D eigenvalue weighted by Crippen LogP contribution is -2.29. The summed E-state index contributed by atoms with van der Waals surface area (Å²) in [6, 6.07) is 74.3. The van der Waals surface area contributed by atoms with Crippen molar-refractivity contribution >= 4 is 105 Å². The van der Waals surface area contributed by atoms with Crippen LogP contribution in [0.5, 0.6) is 0 Å². The fourth-order valence-electron chi connectivity index (χ4n) is 14.7. The Morgan fingerprint density at radius 3 is 0.429 bits per heavy atom. The van der Waals surface area contributed by atoms with E-state index < -0.39 is 0 Å². The van der Waals surface area contributed by atoms with Gasteiger partial charge in [0.25, 0.3) is 70.9 Å². The number of anilines is 6. The summed E-state index contributed by atoms with van der Waals surface area (Å²) in [4.78, 5) is 165. The first-order valence-electron chi connectivity index (χ1n) is 40.3. The number of benzene rings is 12. The van der Waals surface area contributed by atoms with E-state index in [1.807, 2.05) is 170 Å². The van der Waals surface area contributed by atoms with E-state index in [1.165, 1.54) is 29.4 Å². The zero-order valence-corrected chi connectivity index (χ0v) is 69.0. The SMILES string of the molecule is CC.CC.CC.CC.CCc1ccc(N2C(=O)c3ccc(-c4ccc5c(c4)C(=O)N(c4ccc(C)cc4)C5=O)cc3C2=O)cc1.CCc1ccc(N2C(=O)c3ccc(-c4ccc5c(c4)C(=O)N(c4ccc(C)cc4)C5=O)cc3C2=O)cc1.CCc1ccc(N2C(=O)c3ccc(-c4ccc5c(c4)C(=O)N(c4ccc(C)cc4)C5=O)cc3C2=O)cc1. The lowest BCUT2D eigenvalue weighted by atomic mass is 9.97. The Bertz CT molecular complexity index is 5500. The van der Waals surface area contributed by atoms with Gasteiger partial charge in [0.05, 0.1) is 101 Å². The number of hydrogen-bond acceptors (Lipinski definition) is 12. The molecule has 18 nitrogen and oxygen atoms in total. The van der Waals surface area contributed by atoms with Gasteiger partial charge in [-0.3, -0.25) is 57.5 Å². The largest absolute Gasteiger partial charge is 0.268 e. The quantitative estimate of drug-likeness (QED) is 0.104. The minimum atomic E-state index is -0.389. The maximum atomic E-state index is 13.3. The fraction of sp³-hybridized carbons (Fsp3) is 0.168. The molecule has 6 aliphatic heterocycles. The average molecular weight is 1580 g/mol. The monoisotopic (exact) mass is 1580 g/mol. The molecule has 0 N–H and O–H groups in total. The van der Waals surface area contributed by atoms with E-state index in [-0.39, 0.29) is 70.9 Å². The van der Waals surface area contributed by atoms with Gasteiger partial charge in [-0.05, 0) is 236 Å². The van der Waals surface area contributed by atoms with Crippen LogP contribution in [0.15, 0.2) is 255 Å². The van der Waals surface area contributed by atoms with E-state index in [0.29, 0.717) is 134 Å². The topological polar surface area (TPSA) is 224 Å². The van der Waals surface area contributed by atoms with E-state index in [4.69, 9.17) is 0 Å². The fourth-order valence-corrected chi connectivity index (χ4v) is 14.7. The van der Waals surface area contributed by atoms with Crippen LogP contribution in [0.25, 0.3) is 33.4 Å². The third kappa shape index (κ3) is 15.6. The molecule has 12 amide bonds. The molecule has 12 aromatic rings. The number of imide groups is 6. The summed E-state index contributed by atoms with van der Waals surface area (Å²) in [6.07, 6.45) is 2.59. The van der Waals surface area contributed by atoms with Gasteiger partial charge in [0.1, 0.15) is 0 Å². The first-order chi connectivity index (χ1) is 57.6. The van der Waals surface area contributed by atoms with Crippen molar-refractivity contribution in [1.82, 2.24) is 0 Å². The number of aryl methyl sites for hydroxylation is 6. The van der Waals surface area contributed by atoms with Gasteiger partial charge >= 0.3 is 0 Å². The second-order valence-electron chi connectivity index (χ2n) is 27.8. The maximum absolute atomic E-state index is 13.3. The molecule has 0 saturated carbocycles. The van der Waals surface area contributed by atoms with Crippen LogP contribution in [0.3, 0.4) is 0 Å². The standard InChI is InChI=1S/3C31H22N2O4.4C2H6/c3*1-3-19-6-12-23(13-7-19)33-29(35)25-15-9-21(17-27(25)31(33)37)20-8-14-24-26(16-20)30(36)32(28(24)34)22-10-4-18(2)5-11-22;4*1-2/h3*4-17H,3H2,1-2H3;4*1-2H3. The minimum absolute atomic E-state index is 0.309. The number of fused-ring (bicyclic) bond motifs is 6. The second kappa shape index (κ2) is 35.7. The summed E-state index contributed by atoms with van der Waals surface area (Å²) in [7, 11) is 0. The maximum Gasteiger partial charge on any atom is 0.266 e. The van der Waals surface area contributed by atoms with Gasteiger partial charge in [-0.1, -0.05) is 202 Å². The zero-order valence-electron chi connectivity index (χ0n) is 69.0. The Kier molecular flexibility index (Phi) is 25.2. The molecule has 0 aromatic heterocycles. The molecular formula is C101H90N6O12. The lowest BCUT2D eigenvalue weighted by molar-refractivity contribution is 0.0910. The number of carbonyl (C=O) groups excluding carboxylic acids is 12. The molecule has 0 radical (unpaired) electrons. The highest BCUT2D eigenvalue weighted by molar-refractivity contribution is 6.39. The van der Waals surface area contributed by atoms with Crippen molar-refractivity contribution in [2.24, 2.45) is 0 Å². The van der Waals surface area contributed by atoms with E-state index in [2.05, 4.69) is 0 Å². The van der Waals surface area contributed by atoms with Crippen LogP contribution in [0.1, 0.15) is 234 Å². The van der Waals surface area contributed by atoms with Crippen molar-refractivity contribution in [3.63, 3.8) is 0 Å². The van der Waals surface area contributed by atoms with E-state index in [0.717, 1.165) is 52.6 Å². The average Bonchev–Trinajstić information content (AvgIpc) is 1.61. The van der Waals surface area contributed by atoms with Gasteiger partial charge in [0, 0.05) is 0 Å². The van der Waals surface area contributed by atoms with Gasteiger partial charge in [0.2, 0.25) is 0 Å². The third-order valence-electron chi connectivity index (χ3n) is 21.0. The number of carbonyl (C=O) groups is 12. The van der Waals surface area contributed by atoms with Crippen LogP contribution in [0, 0.1) is 20.8 Å². The van der Waals surface area contributed by atoms with Crippen molar-refractivity contribution in [2.75, 3.05) is 29.4 Å². The molecule has 119 heavy (non-hydrogen) atoms. The Labute approximate surface area is 692 Å². The molecule has 0 unspecified atom stereocenters. The van der Waals surface area contributed by atoms with Gasteiger partial charge in [0.15, 0.2) is 0 Å². The van der Waals surface area contributed by atoms with Gasteiger partial charge in [-0.25, -0.2) is 29.4 Å². The van der Waals surface area contributed by atoms with Crippen LogP contribution in [0.2, 0.25) is 0 Å². The van der Waals surface area contributed by atoms with Crippen molar-refractivity contribution < 1.29 is 57.5 Å². The number of hydrogen-bond donors (Lipinski definition) is 0. The van der Waals surface area contributed by atoms with E-state index in [1.54, 1.807) is 182 Å². The van der Waals surface area contributed by atoms with E-state index >= 15 is 0 Å². The highest BCUT2D eigenvalue weighted by Gasteiger charge is 2.43. The normalized spacial score (nSPS) is 13.7. The van der Waals surface area contributed by atoms with Crippen molar-refractivity contribution in [3.05, 3.63) is 355 Å². The van der Waals surface area contributed by atoms with Crippen molar-refractivity contribution in [2.45, 2.75) is 116 Å². The molecule has 18 rings (SSSR count). The molecule has 0 saturated heterocycles. The predicted octanol–water partition coefficient (Wildman–Crippen LogP) is 21.6. The summed E-state index contributed by atoms with van der Waals surface area (Å²) in [5.41, 5.74) is 17.6. The highest BCUT2D eigenvalue weighted by atomic mass is 16.2. The molecule has 0 fully saturated rings. The van der Waals surface area contributed by atoms with Crippen molar-refractivity contribution in [3.8, 4) is 33.4 Å². The van der Waals surface area contributed by atoms with Crippen LogP contribution in [-0.2, 0) is 19.3 Å². The van der Waals surface area contributed by atoms with Crippen molar-refractivity contribution in [1.29, 1.82) is 0 Å². The molecule has 596 valence electrons. The molecular weight excluding hydrogens is 1490 g/mol. The first-order valence-corrected chi connectivity index (χ1v) is 40.3. The molecule has 0 atom stereocenters. The summed E-state index contributed by atoms with van der Waals surface area (Å²) in [5, 5.41) is 0. The second-order valence-corrected chi connectivity index (χ2v) is 27.8. The van der Waals surface area contributed by atoms with Crippen LogP contribution >= 0.6 is 0 Å². The number of nitrogens with zero attached hydrogens (tertiary/aromatic N) is 6. The Balaban J connectivity index is 0.000000157. The molecule has 6 aliphatic rings. The van der Waals surface area contributed by atoms with Crippen LogP contribution in [0.4, 0.5) is 34.1 Å². The molecule has 0 spiro atoms. The minimum Gasteiger partial charge on any atom is -0.268 e. The van der Waals surface area contributed by atoms with Gasteiger partial charge in [-0.2, -0.15) is 0 Å². The lowest BCUT2D eigenvalue weighted by Gasteiger charge is -2.14. The van der Waals surface area contributed by atoms with E-state index in [9.17, 15) is 57.5 Å². The molecule has 0 bridgehead atoms. The summed E-state index contributed by atoms with van der Waals surface area (Å²) in [6.45, 7) is 27.9. The summed E-state index contributed by atoms with van der Waals surface area (Å²) in [5.74, 6) is -4.51.